The average molecular weight is 363 g/mol. The van der Waals surface area contributed by atoms with E-state index in [-0.39, 0.29) is 21.8 Å². The zero-order valence-electron chi connectivity index (χ0n) is 13.9. The summed E-state index contributed by atoms with van der Waals surface area (Å²) in [6.45, 7) is 0. The van der Waals surface area contributed by atoms with E-state index in [9.17, 15) is 18.0 Å². The van der Waals surface area contributed by atoms with Gasteiger partial charge >= 0.3 is 11.9 Å². The van der Waals surface area contributed by atoms with Gasteiger partial charge in [-0.2, -0.15) is 0 Å². The van der Waals surface area contributed by atoms with Gasteiger partial charge in [0, 0.05) is 14.1 Å². The number of hydrogen-bond acceptors (Lipinski definition) is 6. The Morgan fingerprint density at radius 2 is 1.52 bits per heavy atom. The lowest BCUT2D eigenvalue weighted by atomic mass is 10.2. The molecule has 0 spiro atoms. The summed E-state index contributed by atoms with van der Waals surface area (Å²) in [6.07, 6.45) is 0. The van der Waals surface area contributed by atoms with E-state index in [1.54, 1.807) is 12.1 Å². The molecule has 0 aliphatic carbocycles. The van der Waals surface area contributed by atoms with Crippen LogP contribution in [-0.4, -0.2) is 45.9 Å². The number of ether oxygens (including phenoxy) is 2. The number of rotatable bonds is 5. The monoisotopic (exact) mass is 363 g/mol. The molecule has 132 valence electrons. The summed E-state index contributed by atoms with van der Waals surface area (Å²) in [7, 11) is 0.483. The van der Waals surface area contributed by atoms with Crippen molar-refractivity contribution in [2.24, 2.45) is 0 Å². The molecule has 0 aliphatic heterocycles. The average Bonchev–Trinajstić information content (AvgIpc) is 2.61. The van der Waals surface area contributed by atoms with Crippen molar-refractivity contribution in [3.63, 3.8) is 0 Å². The first-order chi connectivity index (χ1) is 11.8. The normalized spacial score (nSPS) is 11.2. The number of carbonyl (C=O) groups excluding carboxylic acids is 2. The van der Waals surface area contributed by atoms with Gasteiger partial charge in [0.15, 0.2) is 0 Å². The molecule has 0 bridgehead atoms. The van der Waals surface area contributed by atoms with Crippen molar-refractivity contribution in [3.05, 3.63) is 59.7 Å². The number of hydrogen-bond donors (Lipinski definition) is 0. The standard InChI is InChI=1S/C17H17NO6S/c1-18(2)25(21,22)13-10-8-12(9-11-13)16(19)24-15-7-5-4-6-14(15)17(20)23-3/h4-11H,1-3H3. The number of sulfonamides is 1. The number of carbonyl (C=O) groups is 2. The maximum Gasteiger partial charge on any atom is 0.343 e. The fourth-order valence-corrected chi connectivity index (χ4v) is 2.87. The Morgan fingerprint density at radius 3 is 2.08 bits per heavy atom. The summed E-state index contributed by atoms with van der Waals surface area (Å²) in [5.41, 5.74) is 0.266. The third-order valence-corrected chi connectivity index (χ3v) is 5.19. The zero-order chi connectivity index (χ0) is 18.6. The first-order valence-corrected chi connectivity index (χ1v) is 8.63. The Hall–Kier alpha value is -2.71. The van der Waals surface area contributed by atoms with Gasteiger partial charge in [0.1, 0.15) is 11.3 Å². The third-order valence-electron chi connectivity index (χ3n) is 3.36. The molecule has 0 fully saturated rings. The molecular formula is C17H17NO6S. The van der Waals surface area contributed by atoms with Gasteiger partial charge in [-0.1, -0.05) is 12.1 Å². The van der Waals surface area contributed by atoms with Crippen LogP contribution in [0, 0.1) is 0 Å². The Kier molecular flexibility index (Phi) is 5.55. The minimum absolute atomic E-state index is 0.0593. The fraction of sp³-hybridized carbons (Fsp3) is 0.176. The largest absolute Gasteiger partial charge is 0.465 e. The van der Waals surface area contributed by atoms with Gasteiger partial charge in [-0.3, -0.25) is 0 Å². The summed E-state index contributed by atoms with van der Waals surface area (Å²) in [4.78, 5) is 24.0. The molecule has 0 saturated carbocycles. The molecule has 0 aliphatic rings. The number of esters is 2. The van der Waals surface area contributed by atoms with E-state index in [2.05, 4.69) is 4.74 Å². The second kappa shape index (κ2) is 7.45. The molecule has 0 atom stereocenters. The minimum Gasteiger partial charge on any atom is -0.465 e. The second-order valence-corrected chi connectivity index (χ2v) is 7.34. The van der Waals surface area contributed by atoms with Gasteiger partial charge in [0.2, 0.25) is 10.0 Å². The van der Waals surface area contributed by atoms with Gasteiger partial charge in [0.05, 0.1) is 17.6 Å². The van der Waals surface area contributed by atoms with Crippen molar-refractivity contribution in [2.45, 2.75) is 4.90 Å². The molecule has 0 N–H and O–H groups in total. The predicted molar refractivity (Wildman–Crippen MR) is 90.1 cm³/mol. The SMILES string of the molecule is COC(=O)c1ccccc1OC(=O)c1ccc(S(=O)(=O)N(C)C)cc1. The number of benzene rings is 2. The molecule has 7 nitrogen and oxygen atoms in total. The topological polar surface area (TPSA) is 90.0 Å². The van der Waals surface area contributed by atoms with Crippen molar-refractivity contribution in [3.8, 4) is 5.75 Å². The van der Waals surface area contributed by atoms with Crippen LogP contribution in [0.5, 0.6) is 5.75 Å². The molecule has 0 amide bonds. The highest BCUT2D eigenvalue weighted by Gasteiger charge is 2.19. The Morgan fingerprint density at radius 1 is 0.920 bits per heavy atom. The molecule has 2 aromatic rings. The van der Waals surface area contributed by atoms with E-state index >= 15 is 0 Å². The summed E-state index contributed by atoms with van der Waals surface area (Å²) < 4.78 is 35.0. The molecule has 0 aromatic heterocycles. The first kappa shape index (κ1) is 18.6. The molecular weight excluding hydrogens is 346 g/mol. The quantitative estimate of drug-likeness (QED) is 0.596. The van der Waals surface area contributed by atoms with Crippen molar-refractivity contribution in [1.29, 1.82) is 0 Å². The van der Waals surface area contributed by atoms with Crippen LogP contribution in [0.25, 0.3) is 0 Å². The number of nitrogens with zero attached hydrogens (tertiary/aromatic N) is 1. The van der Waals surface area contributed by atoms with E-state index in [0.29, 0.717) is 0 Å². The van der Waals surface area contributed by atoms with E-state index in [0.717, 1.165) is 4.31 Å². The molecule has 2 rings (SSSR count). The van der Waals surface area contributed by atoms with Gasteiger partial charge in [-0.15, -0.1) is 0 Å². The van der Waals surface area contributed by atoms with Gasteiger partial charge in [0.25, 0.3) is 0 Å². The van der Waals surface area contributed by atoms with Crippen molar-refractivity contribution < 1.29 is 27.5 Å². The summed E-state index contributed by atoms with van der Waals surface area (Å²) in [6, 6.07) is 11.5. The third kappa shape index (κ3) is 4.04. The Balaban J connectivity index is 2.25. The van der Waals surface area contributed by atoms with Crippen molar-refractivity contribution in [1.82, 2.24) is 4.31 Å². The van der Waals surface area contributed by atoms with Crippen molar-refractivity contribution in [2.75, 3.05) is 21.2 Å². The van der Waals surface area contributed by atoms with Crippen LogP contribution >= 0.6 is 0 Å². The van der Waals surface area contributed by atoms with Crippen LogP contribution in [0.1, 0.15) is 20.7 Å². The van der Waals surface area contributed by atoms with Crippen LogP contribution in [0.4, 0.5) is 0 Å². The van der Waals surface area contributed by atoms with Crippen LogP contribution in [-0.2, 0) is 14.8 Å². The molecule has 0 unspecified atom stereocenters. The van der Waals surface area contributed by atoms with Crippen LogP contribution < -0.4 is 4.74 Å². The lowest BCUT2D eigenvalue weighted by Crippen LogP contribution is -2.22. The lowest BCUT2D eigenvalue weighted by molar-refractivity contribution is 0.0593. The fourth-order valence-electron chi connectivity index (χ4n) is 1.97. The Labute approximate surface area is 145 Å². The molecule has 0 radical (unpaired) electrons. The molecule has 0 saturated heterocycles. The maximum atomic E-state index is 12.2. The van der Waals surface area contributed by atoms with Gasteiger partial charge in [-0.05, 0) is 36.4 Å². The summed E-state index contributed by atoms with van der Waals surface area (Å²) in [5, 5.41) is 0. The van der Waals surface area contributed by atoms with E-state index < -0.39 is 22.0 Å². The van der Waals surface area contributed by atoms with E-state index in [4.69, 9.17) is 4.74 Å². The lowest BCUT2D eigenvalue weighted by Gasteiger charge is -2.12. The van der Waals surface area contributed by atoms with Gasteiger partial charge in [-0.25, -0.2) is 22.3 Å². The van der Waals surface area contributed by atoms with Crippen molar-refractivity contribution >= 4 is 22.0 Å². The minimum atomic E-state index is -3.58. The highest BCUT2D eigenvalue weighted by atomic mass is 32.2. The summed E-state index contributed by atoms with van der Waals surface area (Å²) >= 11 is 0. The molecule has 25 heavy (non-hydrogen) atoms. The highest BCUT2D eigenvalue weighted by molar-refractivity contribution is 7.89. The van der Waals surface area contributed by atoms with E-state index in [1.807, 2.05) is 0 Å². The predicted octanol–water partition coefficient (Wildman–Crippen LogP) is 1.94. The maximum absolute atomic E-state index is 12.2. The smallest absolute Gasteiger partial charge is 0.343 e. The summed E-state index contributed by atoms with van der Waals surface area (Å²) in [5.74, 6) is -1.29. The molecule has 8 heteroatoms. The first-order valence-electron chi connectivity index (χ1n) is 7.19. The zero-order valence-corrected chi connectivity index (χ0v) is 14.7. The van der Waals surface area contributed by atoms with Crippen LogP contribution in [0.2, 0.25) is 0 Å². The molecule has 2 aromatic carbocycles. The van der Waals surface area contributed by atoms with Crippen LogP contribution in [0.15, 0.2) is 53.4 Å². The molecule has 0 heterocycles. The van der Waals surface area contributed by atoms with Crippen LogP contribution in [0.3, 0.4) is 0 Å². The number of methoxy groups -OCH3 is 1. The highest BCUT2D eigenvalue weighted by Crippen LogP contribution is 2.21. The second-order valence-electron chi connectivity index (χ2n) is 5.19. The number of para-hydroxylation sites is 1. The van der Waals surface area contributed by atoms with E-state index in [1.165, 1.54) is 57.6 Å². The van der Waals surface area contributed by atoms with Gasteiger partial charge < -0.3 is 9.47 Å². The Bertz CT molecular complexity index is 888.